The van der Waals surface area contributed by atoms with E-state index in [1.54, 1.807) is 0 Å². The van der Waals surface area contributed by atoms with Gasteiger partial charge in [-0.2, -0.15) is 0 Å². The van der Waals surface area contributed by atoms with Crippen molar-refractivity contribution in [3.63, 3.8) is 0 Å². The van der Waals surface area contributed by atoms with E-state index >= 15 is 0 Å². The van der Waals surface area contributed by atoms with Crippen molar-refractivity contribution in [2.24, 2.45) is 0 Å². The first-order valence-electron chi connectivity index (χ1n) is 15.6. The summed E-state index contributed by atoms with van der Waals surface area (Å²) in [6.45, 7) is 1.08. The normalized spacial score (nSPS) is 29.0. The highest BCUT2D eigenvalue weighted by molar-refractivity contribution is 6.32. The molecule has 272 valence electrons. The molecule has 0 aromatic heterocycles. The van der Waals surface area contributed by atoms with E-state index < -0.39 is 137 Å². The Hall–Kier alpha value is -4.69. The summed E-state index contributed by atoms with van der Waals surface area (Å²) < 4.78 is 22.0. The van der Waals surface area contributed by atoms with Gasteiger partial charge in [0.25, 0.3) is 0 Å². The van der Waals surface area contributed by atoms with Crippen molar-refractivity contribution >= 4 is 17.3 Å². The van der Waals surface area contributed by atoms with Crippen LogP contribution in [0.25, 0.3) is 11.1 Å². The van der Waals surface area contributed by atoms with E-state index in [9.17, 15) is 65.4 Å². The summed E-state index contributed by atoms with van der Waals surface area (Å²) in [5, 5.41) is 106. The van der Waals surface area contributed by atoms with Gasteiger partial charge in [-0.25, -0.2) is 0 Å². The van der Waals surface area contributed by atoms with Gasteiger partial charge in [0.15, 0.2) is 17.9 Å². The summed E-state index contributed by atoms with van der Waals surface area (Å²) in [5.41, 5.74) is -2.80. The number of aryl methyl sites for hydroxylation is 1. The molecule has 6 rings (SSSR count). The van der Waals surface area contributed by atoms with Crippen LogP contribution in [0.1, 0.15) is 54.7 Å². The Kier molecular flexibility index (Phi) is 9.53. The van der Waals surface area contributed by atoms with Gasteiger partial charge >= 0.3 is 0 Å². The van der Waals surface area contributed by atoms with Gasteiger partial charge in [0.05, 0.1) is 29.9 Å². The molecule has 17 nitrogen and oxygen atoms in total. The fourth-order valence-corrected chi connectivity index (χ4v) is 6.61. The minimum Gasteiger partial charge on any atom is -0.507 e. The van der Waals surface area contributed by atoms with E-state index in [-0.39, 0.29) is 22.3 Å². The van der Waals surface area contributed by atoms with Crippen molar-refractivity contribution < 1.29 is 84.4 Å². The zero-order valence-corrected chi connectivity index (χ0v) is 26.8. The van der Waals surface area contributed by atoms with E-state index in [4.69, 9.17) is 18.9 Å². The first kappa shape index (κ1) is 36.1. The lowest BCUT2D eigenvalue weighted by Gasteiger charge is -2.44. The molecule has 1 aliphatic carbocycles. The van der Waals surface area contributed by atoms with E-state index in [1.165, 1.54) is 25.1 Å². The largest absolute Gasteiger partial charge is 0.507 e. The number of phenols is 4. The Balaban J connectivity index is 1.42. The summed E-state index contributed by atoms with van der Waals surface area (Å²) >= 11 is 0. The summed E-state index contributed by atoms with van der Waals surface area (Å²) in [5.74, 6) is -6.12. The number of ether oxygens (including phenoxy) is 4. The van der Waals surface area contributed by atoms with Gasteiger partial charge in [0, 0.05) is 22.8 Å². The third-order valence-electron chi connectivity index (χ3n) is 9.13. The topological polar surface area (TPSA) is 290 Å². The van der Waals surface area contributed by atoms with Gasteiger partial charge in [0.1, 0.15) is 77.0 Å². The number of fused-ring (bicyclic) bond motifs is 2. The fraction of sp³-hybridized carbons (Fsp3) is 0.382. The lowest BCUT2D eigenvalue weighted by Crippen LogP contribution is -2.63. The number of aromatic hydroxyl groups is 4. The molecule has 0 spiro atoms. The average Bonchev–Trinajstić information content (AvgIpc) is 3.07. The Morgan fingerprint density at radius 2 is 1.49 bits per heavy atom. The average molecular weight is 715 g/mol. The van der Waals surface area contributed by atoms with Gasteiger partial charge in [-0.05, 0) is 31.5 Å². The van der Waals surface area contributed by atoms with Crippen LogP contribution in [0.2, 0.25) is 0 Å². The van der Waals surface area contributed by atoms with E-state index in [0.29, 0.717) is 0 Å². The maximum Gasteiger partial charge on any atom is 0.229 e. The van der Waals surface area contributed by atoms with Gasteiger partial charge in [-0.15, -0.1) is 0 Å². The molecular formula is C34H34O17. The molecule has 2 saturated heterocycles. The monoisotopic (exact) mass is 714 g/mol. The summed E-state index contributed by atoms with van der Waals surface area (Å²) in [6, 6.07) is 5.72. The van der Waals surface area contributed by atoms with Crippen molar-refractivity contribution in [1.82, 2.24) is 0 Å². The first-order chi connectivity index (χ1) is 24.1. The van der Waals surface area contributed by atoms with Gasteiger partial charge < -0.3 is 70.0 Å². The summed E-state index contributed by atoms with van der Waals surface area (Å²) in [7, 11) is 0. The van der Waals surface area contributed by atoms with Gasteiger partial charge in [-0.3, -0.25) is 14.4 Å². The molecule has 0 bridgehead atoms. The Labute approximate surface area is 287 Å². The Morgan fingerprint density at radius 3 is 2.16 bits per heavy atom. The number of carbonyl (C=O) groups is 3. The second-order valence-corrected chi connectivity index (χ2v) is 12.4. The predicted molar refractivity (Wildman–Crippen MR) is 168 cm³/mol. The number of benzene rings is 3. The van der Waals surface area contributed by atoms with Crippen molar-refractivity contribution in [2.45, 2.75) is 69.2 Å². The molecule has 0 amide bonds. The SMILES string of the molecule is CC(=O)c1c(O[C@@H]2O[C@H](CO)[C@@H](O)[C@H](O[C@@H]3OC[C@@H](O)[C@H](O)[C@H]3O)[C@H]2O)cc(O)c(-c2c(C)cc(O)c3c2C(=O)c2cccc(O)c2C3=O)c1O. The molecular weight excluding hydrogens is 680 g/mol. The van der Waals surface area contributed by atoms with Crippen LogP contribution < -0.4 is 4.74 Å². The van der Waals surface area contributed by atoms with E-state index in [0.717, 1.165) is 19.1 Å². The van der Waals surface area contributed by atoms with Crippen LogP contribution in [0.3, 0.4) is 0 Å². The number of hydrogen-bond donors (Lipinski definition) is 10. The van der Waals surface area contributed by atoms with Crippen molar-refractivity contribution in [1.29, 1.82) is 0 Å². The Morgan fingerprint density at radius 1 is 0.804 bits per heavy atom. The number of aliphatic hydroxyl groups excluding tert-OH is 6. The van der Waals surface area contributed by atoms with Crippen LogP contribution in [0, 0.1) is 6.92 Å². The number of ketones is 3. The zero-order chi connectivity index (χ0) is 37.2. The van der Waals surface area contributed by atoms with Gasteiger partial charge in [0.2, 0.25) is 12.1 Å². The molecule has 2 heterocycles. The Bertz CT molecular complexity index is 1920. The van der Waals surface area contributed by atoms with Crippen molar-refractivity contribution in [3.05, 3.63) is 63.7 Å². The first-order valence-corrected chi connectivity index (χ1v) is 15.6. The smallest absolute Gasteiger partial charge is 0.229 e. The molecule has 17 heteroatoms. The minimum absolute atomic E-state index is 0.0836. The fourth-order valence-electron chi connectivity index (χ4n) is 6.61. The molecule has 3 aromatic rings. The second-order valence-electron chi connectivity index (χ2n) is 12.4. The number of carbonyl (C=O) groups excluding carboxylic acids is 3. The van der Waals surface area contributed by atoms with Crippen LogP contribution in [-0.2, 0) is 14.2 Å². The number of hydrogen-bond acceptors (Lipinski definition) is 17. The van der Waals surface area contributed by atoms with Crippen LogP contribution >= 0.6 is 0 Å². The third-order valence-corrected chi connectivity index (χ3v) is 9.13. The van der Waals surface area contributed by atoms with Crippen molar-refractivity contribution in [2.75, 3.05) is 13.2 Å². The molecule has 0 radical (unpaired) electrons. The molecule has 9 atom stereocenters. The maximum absolute atomic E-state index is 13.8. The van der Waals surface area contributed by atoms with Gasteiger partial charge in [-0.1, -0.05) is 12.1 Å². The molecule has 0 saturated carbocycles. The highest BCUT2D eigenvalue weighted by Gasteiger charge is 2.50. The van der Waals surface area contributed by atoms with Crippen LogP contribution in [-0.4, -0.2) is 137 Å². The lowest BCUT2D eigenvalue weighted by atomic mass is 9.77. The minimum atomic E-state index is -1.99. The second kappa shape index (κ2) is 13.5. The lowest BCUT2D eigenvalue weighted by molar-refractivity contribution is -0.339. The molecule has 0 unspecified atom stereocenters. The standard InChI is InChI=1S/C34H34O17/c1-10-6-14(38)23-24(25(41)12-4-3-5-13(37)21(12)29(23)45)19(10)22-15(39)7-17(20(11(2)36)28(22)44)49-34-31(47)32(27(43)18(8-35)50-34)51-33-30(46)26(42)16(40)9-48-33/h3-7,16,18,26-27,30-35,37-40,42-44,46-47H,8-9H2,1-2H3/t16-,18-,26+,27-,30-,31-,32+,33+,34-/m1/s1. The molecule has 3 aliphatic rings. The highest BCUT2D eigenvalue weighted by Crippen LogP contribution is 2.51. The van der Waals surface area contributed by atoms with E-state index in [1.807, 2.05) is 0 Å². The number of rotatable bonds is 7. The zero-order valence-electron chi connectivity index (χ0n) is 26.8. The van der Waals surface area contributed by atoms with E-state index in [2.05, 4.69) is 0 Å². The maximum atomic E-state index is 13.8. The molecule has 2 fully saturated rings. The number of aliphatic hydroxyl groups is 6. The third kappa shape index (κ3) is 5.87. The van der Waals surface area contributed by atoms with Crippen LogP contribution in [0.4, 0.5) is 0 Å². The summed E-state index contributed by atoms with van der Waals surface area (Å²) in [6.07, 6.45) is -15.6. The highest BCUT2D eigenvalue weighted by atomic mass is 16.7. The quantitative estimate of drug-likeness (QED) is 0.104. The van der Waals surface area contributed by atoms with Crippen molar-refractivity contribution in [3.8, 4) is 39.9 Å². The predicted octanol–water partition coefficient (Wildman–Crippen LogP) is -0.896. The molecule has 51 heavy (non-hydrogen) atoms. The number of Topliss-reactive ketones (excluding diaryl/α,β-unsaturated/α-hetero) is 1. The molecule has 3 aromatic carbocycles. The van der Waals surface area contributed by atoms with Crippen LogP contribution in [0.5, 0.6) is 28.7 Å². The number of phenolic OH excluding ortho intramolecular Hbond substituents is 4. The molecule has 10 N–H and O–H groups in total. The molecule has 2 aliphatic heterocycles. The van der Waals surface area contributed by atoms with Crippen LogP contribution in [0.15, 0.2) is 30.3 Å². The summed E-state index contributed by atoms with van der Waals surface area (Å²) in [4.78, 5) is 40.4.